The Morgan fingerprint density at radius 1 is 1.39 bits per heavy atom. The molecule has 2 aromatic heterocycles. The number of aryl methyl sites for hydroxylation is 2. The van der Waals surface area contributed by atoms with Crippen LogP contribution in [0.5, 0.6) is 0 Å². The Kier molecular flexibility index (Phi) is 4.31. The smallest absolute Gasteiger partial charge is 0.327 e. The molecule has 0 unspecified atom stereocenters. The molecule has 2 aromatic rings. The Labute approximate surface area is 129 Å². The van der Waals surface area contributed by atoms with E-state index in [1.807, 2.05) is 4.98 Å². The number of carbonyl (C=O) groups excluding carboxylic acids is 1. The maximum absolute atomic E-state index is 12.6. The van der Waals surface area contributed by atoms with E-state index in [-0.39, 0.29) is 6.42 Å². The number of pyridine rings is 1. The number of carbonyl (C=O) groups is 1. The number of nitrogens with one attached hydrogen (secondary N) is 2. The van der Waals surface area contributed by atoms with Gasteiger partial charge >= 0.3 is 6.18 Å². The summed E-state index contributed by atoms with van der Waals surface area (Å²) in [6.07, 6.45) is -4.13. The van der Waals surface area contributed by atoms with E-state index in [1.165, 1.54) is 0 Å². The number of nitrogens with zero attached hydrogens (tertiary/aromatic N) is 2. The van der Waals surface area contributed by atoms with Gasteiger partial charge in [0.15, 0.2) is 0 Å². The lowest BCUT2D eigenvalue weighted by Gasteiger charge is -2.09. The van der Waals surface area contributed by atoms with Gasteiger partial charge in [-0.25, -0.2) is 0 Å². The van der Waals surface area contributed by atoms with Crippen molar-refractivity contribution in [2.75, 3.05) is 5.32 Å². The molecule has 0 spiro atoms. The van der Waals surface area contributed by atoms with Crippen molar-refractivity contribution in [3.63, 3.8) is 0 Å². The zero-order valence-corrected chi connectivity index (χ0v) is 12.7. The van der Waals surface area contributed by atoms with Crippen LogP contribution in [0.3, 0.4) is 0 Å². The van der Waals surface area contributed by atoms with E-state index in [0.717, 1.165) is 5.69 Å². The van der Waals surface area contributed by atoms with Gasteiger partial charge in [0.05, 0.1) is 17.7 Å². The largest absolute Gasteiger partial charge is 0.417 e. The highest BCUT2D eigenvalue weighted by atomic mass is 19.4. The summed E-state index contributed by atoms with van der Waals surface area (Å²) in [6, 6.07) is 0.611. The minimum absolute atomic E-state index is 0.0822. The first kappa shape index (κ1) is 16.8. The number of anilines is 1. The van der Waals surface area contributed by atoms with Gasteiger partial charge in [0, 0.05) is 24.5 Å². The summed E-state index contributed by atoms with van der Waals surface area (Å²) < 4.78 is 39.5. The Bertz CT molecular complexity index is 805. The number of aromatic amines is 1. The minimum atomic E-state index is -4.61. The van der Waals surface area contributed by atoms with Crippen LogP contribution in [0, 0.1) is 13.8 Å². The van der Waals surface area contributed by atoms with Crippen LogP contribution in [0.2, 0.25) is 0 Å². The summed E-state index contributed by atoms with van der Waals surface area (Å²) in [4.78, 5) is 25.6. The van der Waals surface area contributed by atoms with Gasteiger partial charge in [-0.05, 0) is 19.9 Å². The van der Waals surface area contributed by atoms with Crippen molar-refractivity contribution in [2.24, 2.45) is 7.05 Å². The van der Waals surface area contributed by atoms with Gasteiger partial charge in [-0.3, -0.25) is 14.3 Å². The van der Waals surface area contributed by atoms with E-state index < -0.39 is 28.9 Å². The lowest BCUT2D eigenvalue weighted by molar-refractivity contribution is -0.137. The van der Waals surface area contributed by atoms with Crippen LogP contribution in [-0.4, -0.2) is 20.7 Å². The van der Waals surface area contributed by atoms with E-state index in [4.69, 9.17) is 0 Å². The molecule has 0 saturated carbocycles. The summed E-state index contributed by atoms with van der Waals surface area (Å²) in [6.45, 7) is 3.51. The van der Waals surface area contributed by atoms with E-state index in [0.29, 0.717) is 23.5 Å². The third-order valence-electron chi connectivity index (χ3n) is 3.50. The van der Waals surface area contributed by atoms with Crippen LogP contribution in [0.25, 0.3) is 0 Å². The number of H-pyrrole nitrogens is 1. The van der Waals surface area contributed by atoms with Crippen LogP contribution in [0.4, 0.5) is 18.9 Å². The lowest BCUT2D eigenvalue weighted by atomic mass is 10.1. The Hall–Kier alpha value is -2.58. The van der Waals surface area contributed by atoms with Gasteiger partial charge in [-0.2, -0.15) is 18.3 Å². The average molecular weight is 328 g/mol. The number of aromatic nitrogens is 3. The molecule has 2 rings (SSSR count). The summed E-state index contributed by atoms with van der Waals surface area (Å²) >= 11 is 0. The van der Waals surface area contributed by atoms with Crippen molar-refractivity contribution in [3.05, 3.63) is 45.1 Å². The molecule has 0 bridgehead atoms. The molecule has 0 saturated heterocycles. The zero-order chi connectivity index (χ0) is 17.4. The standard InChI is InChI=1S/C14H15F3N4O2/c1-7-10(8(2)21(3)20-7)5-12(22)19-11-4-9(14(15,16)17)6-18-13(11)23/h4,6H,5H2,1-3H3,(H,18,23)(H,19,22). The van der Waals surface area contributed by atoms with Gasteiger partial charge < -0.3 is 10.3 Å². The minimum Gasteiger partial charge on any atom is -0.327 e. The number of hydrogen-bond acceptors (Lipinski definition) is 3. The van der Waals surface area contributed by atoms with Gasteiger partial charge in [0.25, 0.3) is 5.56 Å². The molecule has 23 heavy (non-hydrogen) atoms. The van der Waals surface area contributed by atoms with Gasteiger partial charge in [0.1, 0.15) is 5.69 Å². The fraction of sp³-hybridized carbons (Fsp3) is 0.357. The fourth-order valence-electron chi connectivity index (χ4n) is 2.17. The second-order valence-electron chi connectivity index (χ2n) is 5.13. The van der Waals surface area contributed by atoms with E-state index in [2.05, 4.69) is 10.4 Å². The summed E-state index contributed by atoms with van der Waals surface area (Å²) in [5.74, 6) is -0.589. The molecular formula is C14H15F3N4O2. The quantitative estimate of drug-likeness (QED) is 0.903. The molecule has 0 atom stereocenters. The third-order valence-corrected chi connectivity index (χ3v) is 3.50. The van der Waals surface area contributed by atoms with Gasteiger partial charge in [-0.15, -0.1) is 0 Å². The summed E-state index contributed by atoms with van der Waals surface area (Å²) in [7, 11) is 1.72. The molecule has 2 heterocycles. The predicted molar refractivity (Wildman–Crippen MR) is 77.1 cm³/mol. The maximum atomic E-state index is 12.6. The first-order valence-corrected chi connectivity index (χ1v) is 6.68. The Morgan fingerprint density at radius 2 is 2.04 bits per heavy atom. The zero-order valence-electron chi connectivity index (χ0n) is 12.7. The molecule has 124 valence electrons. The van der Waals surface area contributed by atoms with Crippen LogP contribution in [0.1, 0.15) is 22.5 Å². The first-order chi connectivity index (χ1) is 10.6. The highest BCUT2D eigenvalue weighted by Gasteiger charge is 2.31. The van der Waals surface area contributed by atoms with Crippen LogP contribution in [-0.2, 0) is 24.4 Å². The SMILES string of the molecule is Cc1nn(C)c(C)c1CC(=O)Nc1cc(C(F)(F)F)c[nH]c1=O. The van der Waals surface area contributed by atoms with E-state index >= 15 is 0 Å². The monoisotopic (exact) mass is 328 g/mol. The third kappa shape index (κ3) is 3.61. The highest BCUT2D eigenvalue weighted by molar-refractivity contribution is 5.92. The molecule has 0 aliphatic carbocycles. The van der Waals surface area contributed by atoms with Crippen molar-refractivity contribution in [1.29, 1.82) is 0 Å². The second kappa shape index (κ2) is 5.90. The molecule has 9 heteroatoms. The number of rotatable bonds is 3. The number of halogens is 3. The molecule has 0 aliphatic heterocycles. The summed E-state index contributed by atoms with van der Waals surface area (Å²) in [5, 5.41) is 6.37. The molecule has 0 aromatic carbocycles. The predicted octanol–water partition coefficient (Wildman–Crippen LogP) is 1.93. The Balaban J connectivity index is 2.22. The Morgan fingerprint density at radius 3 is 2.57 bits per heavy atom. The topological polar surface area (TPSA) is 79.8 Å². The second-order valence-corrected chi connectivity index (χ2v) is 5.13. The van der Waals surface area contributed by atoms with Crippen molar-refractivity contribution in [3.8, 4) is 0 Å². The molecule has 0 aliphatic rings. The molecule has 6 nitrogen and oxygen atoms in total. The highest BCUT2D eigenvalue weighted by Crippen LogP contribution is 2.29. The average Bonchev–Trinajstić information content (AvgIpc) is 2.66. The van der Waals surface area contributed by atoms with E-state index in [1.54, 1.807) is 25.6 Å². The molecular weight excluding hydrogens is 313 g/mol. The number of amides is 1. The number of hydrogen-bond donors (Lipinski definition) is 2. The normalized spacial score (nSPS) is 11.6. The van der Waals surface area contributed by atoms with Gasteiger partial charge in [0.2, 0.25) is 5.91 Å². The maximum Gasteiger partial charge on any atom is 0.417 e. The van der Waals surface area contributed by atoms with Crippen molar-refractivity contribution >= 4 is 11.6 Å². The van der Waals surface area contributed by atoms with Gasteiger partial charge in [-0.1, -0.05) is 0 Å². The van der Waals surface area contributed by atoms with Crippen molar-refractivity contribution < 1.29 is 18.0 Å². The fourth-order valence-corrected chi connectivity index (χ4v) is 2.17. The molecule has 0 fully saturated rings. The van der Waals surface area contributed by atoms with Crippen molar-refractivity contribution in [2.45, 2.75) is 26.4 Å². The van der Waals surface area contributed by atoms with Crippen LogP contribution < -0.4 is 10.9 Å². The first-order valence-electron chi connectivity index (χ1n) is 6.68. The number of alkyl halides is 3. The molecule has 1 amide bonds. The molecule has 2 N–H and O–H groups in total. The van der Waals surface area contributed by atoms with Crippen LogP contribution >= 0.6 is 0 Å². The molecule has 0 radical (unpaired) electrons. The van der Waals surface area contributed by atoms with Crippen LogP contribution in [0.15, 0.2) is 17.1 Å². The van der Waals surface area contributed by atoms with E-state index in [9.17, 15) is 22.8 Å². The van der Waals surface area contributed by atoms with Crippen molar-refractivity contribution in [1.82, 2.24) is 14.8 Å². The summed E-state index contributed by atoms with van der Waals surface area (Å²) in [5.41, 5.74) is -0.182. The lowest BCUT2D eigenvalue weighted by Crippen LogP contribution is -2.23.